The van der Waals surface area contributed by atoms with E-state index in [1.54, 1.807) is 116 Å². The van der Waals surface area contributed by atoms with E-state index >= 15 is 0 Å². The van der Waals surface area contributed by atoms with Gasteiger partial charge in [-0.1, -0.05) is 122 Å². The molecule has 0 spiro atoms. The predicted molar refractivity (Wildman–Crippen MR) is 638 cm³/mol. The molecule has 0 amide bonds. The van der Waals surface area contributed by atoms with Gasteiger partial charge in [0.1, 0.15) is 0 Å². The molecule has 0 radical (unpaired) electrons. The van der Waals surface area contributed by atoms with Crippen LogP contribution in [-0.4, -0.2) is 168 Å². The Hall–Kier alpha value is 1.58. The number of carbonyl (C=O) groups is 2. The number of rotatable bonds is 24. The number of aliphatic hydroxyl groups is 4. The molecule has 0 fully saturated rings. The van der Waals surface area contributed by atoms with E-state index in [-0.39, 0.29) is 70.6 Å². The van der Waals surface area contributed by atoms with Gasteiger partial charge < -0.3 is 39.4 Å². The average molecular weight is 2310 g/mol. The van der Waals surface area contributed by atoms with E-state index in [2.05, 4.69) is 400 Å². The molecule has 0 atom stereocenters. The van der Waals surface area contributed by atoms with Crippen molar-refractivity contribution in [2.75, 3.05) is 53.9 Å². The molecule has 10 heterocycles. The third-order valence-corrected chi connectivity index (χ3v) is 67.1. The van der Waals surface area contributed by atoms with Gasteiger partial charge in [0.05, 0.1) is 103 Å². The number of carbonyl (C=O) groups excluding carboxylic acids is 2. The number of thioether (sulfide) groups is 20. The highest BCUT2D eigenvalue weighted by Crippen LogP contribution is 2.71. The summed E-state index contributed by atoms with van der Waals surface area (Å²) in [6.07, 6.45) is 4.92. The summed E-state index contributed by atoms with van der Waals surface area (Å²) in [4.78, 5) is 53.9. The summed E-state index contributed by atoms with van der Waals surface area (Å²) in [5.74, 6) is -0.520. The molecule has 6 aromatic carbocycles. The summed E-state index contributed by atoms with van der Waals surface area (Å²) in [5, 5.41) is 47.4. The number of aryl methyl sites for hydroxylation is 1. The Kier molecular flexibility index (Phi) is 40.4. The third-order valence-electron chi connectivity index (χ3n) is 23.5. The van der Waals surface area contributed by atoms with Gasteiger partial charge in [0.2, 0.25) is 0 Å². The minimum absolute atomic E-state index is 0.0922. The van der Waals surface area contributed by atoms with Crippen molar-refractivity contribution in [2.24, 2.45) is 0 Å². The van der Waals surface area contributed by atoms with Crippen LogP contribution in [0.4, 0.5) is 0 Å². The molecule has 35 heteroatoms. The molecule has 0 unspecified atom stereocenters. The maximum Gasteiger partial charge on any atom is 0.308 e. The summed E-state index contributed by atoms with van der Waals surface area (Å²) >= 11 is 38.2. The quantitative estimate of drug-likeness (QED) is 0.0197. The van der Waals surface area contributed by atoms with Gasteiger partial charge in [-0.05, 0) is 253 Å². The SMILES string of the molecule is C=C.C=C.CCOC(=O)CC1(CC(=O)OCC)Sc2c(C)c3c(c([Si](C)(C)C)c2S1)SC(C)(C)S3.COCCC1(CCOC)Sc2c(C)c3c(c([Si](C)(C)C)c2S1)SC(C)(C)S3.Cc1c2c(c([Si](C)(C)C)c3c1SC(C)(C)S3)SC(C)(C)S2.Cc1c2c(c([Si](C)(C)C)c3c1SC(CCO)(CCO)S3)SC(O)(O)S2.Cc1c2c(c([Si](C)(C)CCc3ccccc3)c3c1SC(C)(C)S3)SC(C)(C)S2. The standard InChI is InChI=1S/C23H30S4Si.C22H32O4S4Si.C20H32O2S4Si.C16H24O4S4Si.C16H24S4Si.2C2H4/c1-15-17-19(26-22(2,3)24-17)21(20-18(15)25-23(4,5)27-20)28(6,7)14-13-16-11-9-8-10-12-16;1-9-25-14(23)11-22(12-15(24)26-10-2)29-17-13(3)16-18(28-21(4,5)27-16)20(19(17)30-22)31(6,7)8;1-13-14-16(24-19(2,3)23-14)18(27(6,7)8)17-15(13)25-20(26-17,9-11-21-4)10-12-22-5;1-9-10-12(22-15(21-10,5-7-17)6-8-18)14(25(2,3)4)13-11(9)23-16(19,20)24-13;1-9-10-12(19-15(2,3)17-10)14(21(6,7)8)13-11(9)18-16(4,5)20-13;2*1-2/h8-12H,13-14H2,1-7H3;9-12H2,1-8H3;9-12H2,1-8H3;17-20H,5-8H2,1-4H3;1-8H3;2*1-2H2. The maximum absolute atomic E-state index is 12.5. The number of methoxy groups -OCH3 is 2. The van der Waals surface area contributed by atoms with E-state index in [0.29, 0.717) is 26.1 Å². The summed E-state index contributed by atoms with van der Waals surface area (Å²) in [6, 6.07) is 12.4. The number of hydrogen-bond acceptors (Lipinski definition) is 30. The highest BCUT2D eigenvalue weighted by molar-refractivity contribution is 8.25. The number of benzene rings is 6. The number of ether oxygens (including phenoxy) is 4. The van der Waals surface area contributed by atoms with Crippen molar-refractivity contribution in [3.8, 4) is 0 Å². The first kappa shape index (κ1) is 119. The first-order chi connectivity index (χ1) is 62.8. The Morgan fingerprint density at radius 1 is 0.316 bits per heavy atom. The fourth-order valence-electron chi connectivity index (χ4n) is 17.8. The van der Waals surface area contributed by atoms with Crippen LogP contribution in [-0.2, 0) is 35.0 Å². The van der Waals surface area contributed by atoms with Crippen molar-refractivity contribution < 1.29 is 49.0 Å². The molecule has 0 bridgehead atoms. The largest absolute Gasteiger partial charge is 0.466 e. The van der Waals surface area contributed by atoms with Gasteiger partial charge in [-0.3, -0.25) is 9.59 Å². The zero-order valence-corrected chi connectivity index (χ0v) is 108. The van der Waals surface area contributed by atoms with E-state index < -0.39 is 48.9 Å². The van der Waals surface area contributed by atoms with E-state index in [4.69, 9.17) is 18.9 Å². The monoisotopic (exact) mass is 2300 g/mol. The molecule has 754 valence electrons. The zero-order valence-electron chi connectivity index (χ0n) is 87.0. The van der Waals surface area contributed by atoms with Crippen LogP contribution < -0.4 is 25.9 Å². The fraction of sp³-hybridized carbons (Fsp3) is 0.584. The van der Waals surface area contributed by atoms with E-state index in [9.17, 15) is 30.0 Å². The Morgan fingerprint density at radius 3 is 0.794 bits per heavy atom. The smallest absolute Gasteiger partial charge is 0.308 e. The van der Waals surface area contributed by atoms with Gasteiger partial charge in [0.15, 0.2) is 0 Å². The molecule has 0 aromatic heterocycles. The average Bonchev–Trinajstić information content (AvgIpc) is 1.60. The second-order valence-corrected chi connectivity index (χ2v) is 100. The Labute approximate surface area is 908 Å². The predicted octanol–water partition coefficient (Wildman–Crippen LogP) is 31.7. The minimum atomic E-state index is -1.81. The Bertz CT molecular complexity index is 5320. The minimum Gasteiger partial charge on any atom is -0.466 e. The second-order valence-electron chi connectivity index (χ2n) is 42.6. The number of esters is 2. The molecular formula is C101H150O10S20Si5. The van der Waals surface area contributed by atoms with Gasteiger partial charge in [-0.25, -0.2) is 0 Å². The fourth-order valence-corrected chi connectivity index (χ4v) is 68.0. The molecule has 0 saturated heterocycles. The van der Waals surface area contributed by atoms with Gasteiger partial charge in [-0.2, -0.15) is 0 Å². The lowest BCUT2D eigenvalue weighted by Gasteiger charge is -2.29. The number of aliphatic hydroxyl groups excluding tert-OH is 2. The van der Waals surface area contributed by atoms with Crippen molar-refractivity contribution in [2.45, 2.75) is 413 Å². The normalized spacial score (nSPS) is 19.5. The van der Waals surface area contributed by atoms with Crippen LogP contribution >= 0.6 is 235 Å². The summed E-state index contributed by atoms with van der Waals surface area (Å²) < 4.78 is 20.4. The molecule has 10 aliphatic rings. The lowest BCUT2D eigenvalue weighted by atomic mass is 10.2. The van der Waals surface area contributed by atoms with Crippen LogP contribution in [0.25, 0.3) is 0 Å². The first-order valence-electron chi connectivity index (χ1n) is 46.6. The molecule has 16 rings (SSSR count). The molecule has 10 nitrogen and oxygen atoms in total. The maximum atomic E-state index is 12.5. The van der Waals surface area contributed by atoms with Crippen LogP contribution in [0.2, 0.25) is 97.7 Å². The molecule has 0 aliphatic carbocycles. The highest BCUT2D eigenvalue weighted by atomic mass is 32.2. The van der Waals surface area contributed by atoms with Gasteiger partial charge in [-0.15, -0.1) is 238 Å². The summed E-state index contributed by atoms with van der Waals surface area (Å²) in [7, 11) is -4.29. The first-order valence-corrected chi connectivity index (χ1v) is 80.2. The van der Waals surface area contributed by atoms with Crippen LogP contribution in [0.15, 0.2) is 155 Å². The van der Waals surface area contributed by atoms with Crippen molar-refractivity contribution >= 4 is 313 Å². The summed E-state index contributed by atoms with van der Waals surface area (Å²) in [5.41, 5.74) is 8.42. The van der Waals surface area contributed by atoms with Crippen LogP contribution in [0.3, 0.4) is 0 Å². The van der Waals surface area contributed by atoms with E-state index in [1.807, 2.05) is 58.5 Å². The van der Waals surface area contributed by atoms with Crippen molar-refractivity contribution in [3.05, 3.63) is 90.0 Å². The number of fused-ring (bicyclic) bond motifs is 10. The Morgan fingerprint density at radius 2 is 0.529 bits per heavy atom. The Balaban J connectivity index is 0.000000175. The van der Waals surface area contributed by atoms with Crippen molar-refractivity contribution in [1.82, 2.24) is 0 Å². The molecule has 136 heavy (non-hydrogen) atoms. The van der Waals surface area contributed by atoms with Gasteiger partial charge in [0, 0.05) is 139 Å². The second kappa shape index (κ2) is 46.0. The van der Waals surface area contributed by atoms with Crippen molar-refractivity contribution in [3.63, 3.8) is 0 Å². The lowest BCUT2D eigenvalue weighted by molar-refractivity contribution is -0.145. The molecule has 6 aromatic rings. The molecule has 10 aliphatic heterocycles. The lowest BCUT2D eigenvalue weighted by Crippen LogP contribution is -2.44. The third kappa shape index (κ3) is 27.4. The number of hydrogen-bond donors (Lipinski definition) is 4. The van der Waals surface area contributed by atoms with Gasteiger partial charge in [0.25, 0.3) is 4.45 Å². The van der Waals surface area contributed by atoms with Crippen molar-refractivity contribution in [1.29, 1.82) is 0 Å². The van der Waals surface area contributed by atoms with E-state index in [0.717, 1.165) is 64.9 Å². The van der Waals surface area contributed by atoms with Crippen LogP contribution in [0.1, 0.15) is 169 Å². The highest BCUT2D eigenvalue weighted by Gasteiger charge is 2.55. The van der Waals surface area contributed by atoms with Gasteiger partial charge >= 0.3 is 11.9 Å². The zero-order chi connectivity index (χ0) is 102. The molecule has 0 saturated carbocycles. The molecule has 4 N–H and O–H groups in total. The topological polar surface area (TPSA) is 152 Å². The van der Waals surface area contributed by atoms with E-state index in [1.165, 1.54) is 84.9 Å². The van der Waals surface area contributed by atoms with Crippen LogP contribution in [0.5, 0.6) is 0 Å². The molecular weight excluding hydrogens is 2150 g/mol. The van der Waals surface area contributed by atoms with Crippen LogP contribution in [0, 0.1) is 34.6 Å². The summed E-state index contributed by atoms with van der Waals surface area (Å²) in [6.45, 7) is 91.9.